The minimum Gasteiger partial charge on any atom is -0.362 e. The summed E-state index contributed by atoms with van der Waals surface area (Å²) in [6.45, 7) is 3.65. The molecule has 1 amide bonds. The van der Waals surface area contributed by atoms with Gasteiger partial charge in [-0.25, -0.2) is 8.42 Å². The number of hydrogen-bond acceptors (Lipinski definition) is 5. The number of alkyl halides is 3. The molecule has 0 unspecified atom stereocenters. The molecule has 7 nitrogen and oxygen atoms in total. The highest BCUT2D eigenvalue weighted by molar-refractivity contribution is 7.89. The van der Waals surface area contributed by atoms with E-state index in [9.17, 15) is 31.5 Å². The van der Waals surface area contributed by atoms with Crippen molar-refractivity contribution in [2.45, 2.75) is 37.1 Å². The second-order valence-electron chi connectivity index (χ2n) is 7.14. The highest BCUT2D eigenvalue weighted by Crippen LogP contribution is 2.42. The van der Waals surface area contributed by atoms with E-state index in [1.807, 2.05) is 0 Å². The average molecular weight is 469 g/mol. The van der Waals surface area contributed by atoms with Crippen LogP contribution in [0.15, 0.2) is 64.6 Å². The van der Waals surface area contributed by atoms with Crippen LogP contribution in [0, 0.1) is 0 Å². The highest BCUT2D eigenvalue weighted by atomic mass is 32.2. The maximum absolute atomic E-state index is 13.8. The number of hydrazone groups is 1. The zero-order valence-electron chi connectivity index (χ0n) is 17.4. The number of hydrogen-bond donors (Lipinski definition) is 1. The third-order valence-electron chi connectivity index (χ3n) is 5.16. The van der Waals surface area contributed by atoms with Gasteiger partial charge in [-0.15, -0.1) is 0 Å². The van der Waals surface area contributed by atoms with E-state index in [0.717, 1.165) is 10.4 Å². The number of benzene rings is 2. The van der Waals surface area contributed by atoms with E-state index in [4.69, 9.17) is 0 Å². The first-order valence-corrected chi connectivity index (χ1v) is 11.3. The lowest BCUT2D eigenvalue weighted by atomic mass is 10.0. The topological polar surface area (TPSA) is 90.3 Å². The van der Waals surface area contributed by atoms with Gasteiger partial charge in [0.25, 0.3) is 11.6 Å². The molecule has 0 saturated carbocycles. The molecule has 32 heavy (non-hydrogen) atoms. The van der Waals surface area contributed by atoms with Crippen LogP contribution >= 0.6 is 0 Å². The van der Waals surface area contributed by atoms with Gasteiger partial charge < -0.3 is 5.11 Å². The molecule has 0 fully saturated rings. The summed E-state index contributed by atoms with van der Waals surface area (Å²) in [5.74, 6) is -1.27. The molecule has 11 heteroatoms. The Hall–Kier alpha value is -2.76. The van der Waals surface area contributed by atoms with Gasteiger partial charge in [-0.05, 0) is 23.8 Å². The van der Waals surface area contributed by atoms with E-state index in [0.29, 0.717) is 5.56 Å². The van der Waals surface area contributed by atoms with Gasteiger partial charge in [0.1, 0.15) is 0 Å². The minimum absolute atomic E-state index is 0.0154. The SMILES string of the molecule is CCN(CC)S(=O)(=O)c1cccc(C(=O)N2N=C(c3ccccc3)C[C@]2(O)C(F)(F)F)c1. The third kappa shape index (κ3) is 4.15. The van der Waals surface area contributed by atoms with Crippen LogP contribution in [0.2, 0.25) is 0 Å². The summed E-state index contributed by atoms with van der Waals surface area (Å²) in [4.78, 5) is 12.8. The van der Waals surface area contributed by atoms with Crippen LogP contribution in [0.3, 0.4) is 0 Å². The van der Waals surface area contributed by atoms with Crippen LogP contribution < -0.4 is 0 Å². The maximum Gasteiger partial charge on any atom is 0.438 e. The number of carbonyl (C=O) groups is 1. The molecule has 2 aromatic carbocycles. The highest BCUT2D eigenvalue weighted by Gasteiger charge is 2.63. The molecule has 2 aromatic rings. The summed E-state index contributed by atoms with van der Waals surface area (Å²) in [5.41, 5.74) is -3.71. The van der Waals surface area contributed by atoms with Crippen molar-refractivity contribution in [1.82, 2.24) is 9.31 Å². The van der Waals surface area contributed by atoms with E-state index in [1.54, 1.807) is 32.0 Å². The Morgan fingerprint density at radius 2 is 1.75 bits per heavy atom. The molecule has 0 radical (unpaired) electrons. The molecular weight excluding hydrogens is 447 g/mol. The molecule has 0 aromatic heterocycles. The second kappa shape index (κ2) is 8.64. The average Bonchev–Trinajstić information content (AvgIpc) is 3.13. The lowest BCUT2D eigenvalue weighted by molar-refractivity contribution is -0.297. The molecule has 1 aliphatic heterocycles. The molecule has 1 N–H and O–H groups in total. The lowest BCUT2D eigenvalue weighted by Gasteiger charge is -2.32. The molecule has 172 valence electrons. The second-order valence-corrected chi connectivity index (χ2v) is 9.08. The molecule has 1 atom stereocenters. The van der Waals surface area contributed by atoms with Crippen molar-refractivity contribution in [1.29, 1.82) is 0 Å². The van der Waals surface area contributed by atoms with Crippen molar-refractivity contribution in [3.8, 4) is 0 Å². The van der Waals surface area contributed by atoms with Crippen LogP contribution in [0.1, 0.15) is 36.2 Å². The van der Waals surface area contributed by atoms with Crippen molar-refractivity contribution in [3.05, 3.63) is 65.7 Å². The Balaban J connectivity index is 2.05. The summed E-state index contributed by atoms with van der Waals surface area (Å²) < 4.78 is 68.1. The molecule has 3 rings (SSSR count). The first kappa shape index (κ1) is 23.9. The maximum atomic E-state index is 13.8. The van der Waals surface area contributed by atoms with Crippen molar-refractivity contribution in [3.63, 3.8) is 0 Å². The number of halogens is 3. The first-order chi connectivity index (χ1) is 15.0. The monoisotopic (exact) mass is 469 g/mol. The molecule has 0 spiro atoms. The third-order valence-corrected chi connectivity index (χ3v) is 7.21. The van der Waals surface area contributed by atoms with Gasteiger partial charge in [-0.1, -0.05) is 50.2 Å². The van der Waals surface area contributed by atoms with E-state index < -0.39 is 34.3 Å². The van der Waals surface area contributed by atoms with Gasteiger partial charge in [0.05, 0.1) is 17.0 Å². The van der Waals surface area contributed by atoms with Crippen molar-refractivity contribution in [2.24, 2.45) is 5.10 Å². The van der Waals surface area contributed by atoms with Crippen LogP contribution in [-0.4, -0.2) is 59.4 Å². The van der Waals surface area contributed by atoms with Crippen LogP contribution in [0.4, 0.5) is 13.2 Å². The largest absolute Gasteiger partial charge is 0.438 e. The predicted octanol–water partition coefficient (Wildman–Crippen LogP) is 3.22. The molecule has 0 bridgehead atoms. The molecular formula is C21H22F3N3O4S. The number of sulfonamides is 1. The van der Waals surface area contributed by atoms with Crippen molar-refractivity contribution >= 4 is 21.6 Å². The van der Waals surface area contributed by atoms with Gasteiger partial charge in [-0.3, -0.25) is 4.79 Å². The number of rotatable bonds is 6. The summed E-state index contributed by atoms with van der Waals surface area (Å²) in [7, 11) is -3.95. The van der Waals surface area contributed by atoms with E-state index in [2.05, 4.69) is 5.10 Å². The fourth-order valence-corrected chi connectivity index (χ4v) is 4.90. The van der Waals surface area contributed by atoms with Gasteiger partial charge >= 0.3 is 6.18 Å². The fraction of sp³-hybridized carbons (Fsp3) is 0.333. The summed E-state index contributed by atoms with van der Waals surface area (Å²) >= 11 is 0. The standard InChI is InChI=1S/C21H22F3N3O4S/c1-3-26(4-2)32(30,31)17-12-8-11-16(13-17)19(28)27-20(29,21(22,23)24)14-18(25-27)15-9-6-5-7-10-15/h5-13,29H,3-4,14H2,1-2H3/t20-/m0/s1. The molecule has 1 aliphatic rings. The number of carbonyl (C=O) groups excluding carboxylic acids is 1. The predicted molar refractivity (Wildman–Crippen MR) is 111 cm³/mol. The van der Waals surface area contributed by atoms with Crippen LogP contribution in [0.25, 0.3) is 0 Å². The Labute approximate surface area is 183 Å². The molecule has 1 heterocycles. The van der Waals surface area contributed by atoms with E-state index in [-0.39, 0.29) is 34.3 Å². The van der Waals surface area contributed by atoms with Gasteiger partial charge in [-0.2, -0.15) is 27.6 Å². The zero-order chi connectivity index (χ0) is 23.7. The summed E-state index contributed by atoms with van der Waals surface area (Å²) in [6, 6.07) is 12.6. The normalized spacial score (nSPS) is 19.3. The molecule has 0 saturated heterocycles. The summed E-state index contributed by atoms with van der Waals surface area (Å²) in [5, 5.41) is 14.3. The Morgan fingerprint density at radius 1 is 1.12 bits per heavy atom. The van der Waals surface area contributed by atoms with Crippen LogP contribution in [0.5, 0.6) is 0 Å². The first-order valence-electron chi connectivity index (χ1n) is 9.82. The lowest BCUT2D eigenvalue weighted by Crippen LogP contribution is -2.56. The number of amides is 1. The zero-order valence-corrected chi connectivity index (χ0v) is 18.2. The Kier molecular flexibility index (Phi) is 6.45. The quantitative estimate of drug-likeness (QED) is 0.704. The van der Waals surface area contributed by atoms with Crippen molar-refractivity contribution < 1.29 is 31.5 Å². The fourth-order valence-electron chi connectivity index (χ4n) is 3.40. The Bertz CT molecular complexity index is 1130. The van der Waals surface area contributed by atoms with E-state index in [1.165, 1.54) is 30.3 Å². The summed E-state index contributed by atoms with van der Waals surface area (Å²) in [6.07, 6.45) is -6.16. The smallest absolute Gasteiger partial charge is 0.362 e. The Morgan fingerprint density at radius 3 is 2.31 bits per heavy atom. The van der Waals surface area contributed by atoms with Gasteiger partial charge in [0, 0.05) is 18.7 Å². The van der Waals surface area contributed by atoms with Gasteiger partial charge in [0.15, 0.2) is 0 Å². The van der Waals surface area contributed by atoms with E-state index >= 15 is 0 Å². The van der Waals surface area contributed by atoms with Crippen LogP contribution in [-0.2, 0) is 10.0 Å². The number of aliphatic hydroxyl groups is 1. The number of nitrogens with zero attached hydrogens (tertiary/aromatic N) is 3. The molecule has 0 aliphatic carbocycles. The van der Waals surface area contributed by atoms with Gasteiger partial charge in [0.2, 0.25) is 10.0 Å². The minimum atomic E-state index is -5.20. The van der Waals surface area contributed by atoms with Crippen molar-refractivity contribution in [2.75, 3.05) is 13.1 Å².